The molecule has 0 aromatic carbocycles. The Kier molecular flexibility index (Phi) is 3.10. The lowest BCUT2D eigenvalue weighted by Gasteiger charge is -2.20. The minimum absolute atomic E-state index is 0.205. The van der Waals surface area contributed by atoms with Crippen LogP contribution in [0.15, 0.2) is 12.4 Å². The van der Waals surface area contributed by atoms with Crippen molar-refractivity contribution in [3.05, 3.63) is 18.2 Å². The third-order valence-electron chi connectivity index (χ3n) is 3.24. The predicted octanol–water partition coefficient (Wildman–Crippen LogP) is 1.78. The van der Waals surface area contributed by atoms with Gasteiger partial charge in [0.05, 0.1) is 0 Å². The maximum absolute atomic E-state index is 12.2. The lowest BCUT2D eigenvalue weighted by molar-refractivity contribution is 0.0337. The van der Waals surface area contributed by atoms with E-state index in [0.717, 1.165) is 25.8 Å². The Labute approximate surface area is 95.3 Å². The van der Waals surface area contributed by atoms with Crippen molar-refractivity contribution in [1.82, 2.24) is 9.55 Å². The maximum atomic E-state index is 12.2. The van der Waals surface area contributed by atoms with Crippen molar-refractivity contribution in [1.29, 1.82) is 0 Å². The van der Waals surface area contributed by atoms with Gasteiger partial charge in [-0.05, 0) is 32.1 Å². The van der Waals surface area contributed by atoms with Crippen LogP contribution in [-0.2, 0) is 6.54 Å². The van der Waals surface area contributed by atoms with Crippen LogP contribution in [0.1, 0.15) is 49.6 Å². The highest BCUT2D eigenvalue weighted by atomic mass is 16.3. The molecule has 1 N–H and O–H groups in total. The van der Waals surface area contributed by atoms with Gasteiger partial charge in [-0.2, -0.15) is 0 Å². The first-order chi connectivity index (χ1) is 7.67. The molecule has 16 heavy (non-hydrogen) atoms. The number of ketones is 1. The van der Waals surface area contributed by atoms with E-state index in [1.807, 2.05) is 4.57 Å². The number of carbonyl (C=O) groups excluding carboxylic acids is 1. The first-order valence-corrected chi connectivity index (χ1v) is 5.96. The molecule has 2 rings (SSSR count). The van der Waals surface area contributed by atoms with Gasteiger partial charge in [0.1, 0.15) is 5.60 Å². The quantitative estimate of drug-likeness (QED) is 0.790. The lowest BCUT2D eigenvalue weighted by atomic mass is 9.96. The predicted molar refractivity (Wildman–Crippen MR) is 60.3 cm³/mol. The molecule has 88 valence electrons. The van der Waals surface area contributed by atoms with Crippen molar-refractivity contribution < 1.29 is 9.90 Å². The van der Waals surface area contributed by atoms with Crippen molar-refractivity contribution in [2.75, 3.05) is 0 Å². The molecule has 1 heterocycles. The van der Waals surface area contributed by atoms with Crippen LogP contribution in [0.3, 0.4) is 0 Å². The molecule has 0 bridgehead atoms. The Balaban J connectivity index is 2.23. The second-order valence-electron chi connectivity index (χ2n) is 4.51. The normalized spacial score (nSPS) is 18.9. The van der Waals surface area contributed by atoms with Gasteiger partial charge in [0, 0.05) is 18.9 Å². The molecule has 1 fully saturated rings. The highest BCUT2D eigenvalue weighted by Crippen LogP contribution is 2.32. The number of imidazole rings is 1. The molecule has 0 radical (unpaired) electrons. The minimum atomic E-state index is -1.16. The zero-order valence-electron chi connectivity index (χ0n) is 9.65. The molecule has 1 aromatic heterocycles. The average molecular weight is 222 g/mol. The number of aliphatic hydroxyl groups is 1. The fourth-order valence-electron chi connectivity index (χ4n) is 2.33. The molecule has 0 spiro atoms. The Bertz CT molecular complexity index is 378. The summed E-state index contributed by atoms with van der Waals surface area (Å²) in [5.41, 5.74) is -1.16. The van der Waals surface area contributed by atoms with Crippen LogP contribution < -0.4 is 0 Å². The van der Waals surface area contributed by atoms with E-state index in [-0.39, 0.29) is 5.78 Å². The van der Waals surface area contributed by atoms with Crippen LogP contribution >= 0.6 is 0 Å². The van der Waals surface area contributed by atoms with Crippen LogP contribution in [0.25, 0.3) is 0 Å². The van der Waals surface area contributed by atoms with E-state index in [1.54, 1.807) is 12.4 Å². The molecule has 1 aliphatic carbocycles. The topological polar surface area (TPSA) is 55.1 Å². The summed E-state index contributed by atoms with van der Waals surface area (Å²) in [6, 6.07) is 0. The molecular formula is C12H18N2O2. The monoisotopic (exact) mass is 222 g/mol. The van der Waals surface area contributed by atoms with Crippen LogP contribution in [-0.4, -0.2) is 26.0 Å². The maximum Gasteiger partial charge on any atom is 0.229 e. The van der Waals surface area contributed by atoms with Crippen molar-refractivity contribution in [3.8, 4) is 0 Å². The Hall–Kier alpha value is -1.16. The van der Waals surface area contributed by atoms with Crippen LogP contribution in [0.2, 0.25) is 0 Å². The van der Waals surface area contributed by atoms with E-state index < -0.39 is 5.60 Å². The van der Waals surface area contributed by atoms with Crippen LogP contribution in [0.5, 0.6) is 0 Å². The summed E-state index contributed by atoms with van der Waals surface area (Å²) in [7, 11) is 0. The Morgan fingerprint density at radius 3 is 2.88 bits per heavy atom. The third-order valence-corrected chi connectivity index (χ3v) is 3.24. The number of rotatable bonds is 4. The summed E-state index contributed by atoms with van der Waals surface area (Å²) in [5, 5.41) is 10.2. The molecule has 4 nitrogen and oxygen atoms in total. The molecule has 0 aliphatic heterocycles. The summed E-state index contributed by atoms with van der Waals surface area (Å²) < 4.78 is 1.83. The molecule has 0 atom stereocenters. The fraction of sp³-hybridized carbons (Fsp3) is 0.667. The largest absolute Gasteiger partial charge is 0.382 e. The molecule has 0 saturated heterocycles. The van der Waals surface area contributed by atoms with Crippen LogP contribution in [0, 0.1) is 0 Å². The van der Waals surface area contributed by atoms with E-state index in [4.69, 9.17) is 0 Å². The number of aryl methyl sites for hydroxylation is 1. The highest BCUT2D eigenvalue weighted by molar-refractivity contribution is 5.99. The van der Waals surface area contributed by atoms with E-state index in [2.05, 4.69) is 11.9 Å². The number of Topliss-reactive ketones (excluding diaryl/α,β-unsaturated/α-hetero) is 1. The zero-order valence-corrected chi connectivity index (χ0v) is 9.65. The zero-order chi connectivity index (χ0) is 11.6. The summed E-state index contributed by atoms with van der Waals surface area (Å²) in [5.74, 6) is 0.203. The second-order valence-corrected chi connectivity index (χ2v) is 4.51. The molecule has 1 saturated carbocycles. The first-order valence-electron chi connectivity index (χ1n) is 5.96. The Morgan fingerprint density at radius 2 is 2.25 bits per heavy atom. The van der Waals surface area contributed by atoms with Gasteiger partial charge in [0.25, 0.3) is 0 Å². The molecule has 1 aliphatic rings. The van der Waals surface area contributed by atoms with Gasteiger partial charge < -0.3 is 9.67 Å². The van der Waals surface area contributed by atoms with E-state index in [1.165, 1.54) is 0 Å². The fourth-order valence-corrected chi connectivity index (χ4v) is 2.33. The Morgan fingerprint density at radius 1 is 1.56 bits per heavy atom. The number of carbonyl (C=O) groups is 1. The van der Waals surface area contributed by atoms with E-state index in [0.29, 0.717) is 18.7 Å². The SMILES string of the molecule is CCCn1ccnc1C(=O)C1(O)CCCC1. The lowest BCUT2D eigenvalue weighted by Crippen LogP contribution is -2.37. The number of hydrogen-bond acceptors (Lipinski definition) is 3. The molecule has 0 unspecified atom stereocenters. The van der Waals surface area contributed by atoms with Crippen molar-refractivity contribution in [2.24, 2.45) is 0 Å². The van der Waals surface area contributed by atoms with E-state index in [9.17, 15) is 9.90 Å². The summed E-state index contributed by atoms with van der Waals surface area (Å²) in [4.78, 5) is 16.3. The highest BCUT2D eigenvalue weighted by Gasteiger charge is 2.41. The molecular weight excluding hydrogens is 204 g/mol. The second kappa shape index (κ2) is 4.37. The van der Waals surface area contributed by atoms with Gasteiger partial charge >= 0.3 is 0 Å². The molecule has 1 aromatic rings. The third kappa shape index (κ3) is 1.89. The van der Waals surface area contributed by atoms with Gasteiger partial charge in [0.2, 0.25) is 5.78 Å². The van der Waals surface area contributed by atoms with Gasteiger partial charge in [-0.3, -0.25) is 4.79 Å². The van der Waals surface area contributed by atoms with Gasteiger partial charge in [-0.15, -0.1) is 0 Å². The summed E-state index contributed by atoms with van der Waals surface area (Å²) in [6.45, 7) is 2.83. The van der Waals surface area contributed by atoms with Crippen molar-refractivity contribution >= 4 is 5.78 Å². The summed E-state index contributed by atoms with van der Waals surface area (Å²) in [6.07, 6.45) is 7.38. The summed E-state index contributed by atoms with van der Waals surface area (Å²) >= 11 is 0. The number of nitrogens with zero attached hydrogens (tertiary/aromatic N) is 2. The van der Waals surface area contributed by atoms with Gasteiger partial charge in [-0.1, -0.05) is 6.92 Å². The van der Waals surface area contributed by atoms with Crippen molar-refractivity contribution in [2.45, 2.75) is 51.2 Å². The standard InChI is InChI=1S/C12H18N2O2/c1-2-8-14-9-7-13-11(14)10(15)12(16)5-3-4-6-12/h7,9,16H,2-6,8H2,1H3. The minimum Gasteiger partial charge on any atom is -0.382 e. The number of hydrogen-bond donors (Lipinski definition) is 1. The average Bonchev–Trinajstić information content (AvgIpc) is 2.88. The molecule has 0 amide bonds. The van der Waals surface area contributed by atoms with Gasteiger partial charge in [-0.25, -0.2) is 4.98 Å². The smallest absolute Gasteiger partial charge is 0.229 e. The van der Waals surface area contributed by atoms with E-state index >= 15 is 0 Å². The molecule has 4 heteroatoms. The first kappa shape index (κ1) is 11.3. The van der Waals surface area contributed by atoms with Gasteiger partial charge in [0.15, 0.2) is 5.82 Å². The van der Waals surface area contributed by atoms with Crippen LogP contribution in [0.4, 0.5) is 0 Å². The number of aromatic nitrogens is 2. The van der Waals surface area contributed by atoms with Crippen molar-refractivity contribution in [3.63, 3.8) is 0 Å².